The highest BCUT2D eigenvalue weighted by Gasteiger charge is 2.36. The van der Waals surface area contributed by atoms with Crippen molar-refractivity contribution in [1.82, 2.24) is 15.3 Å². The molecule has 40 heavy (non-hydrogen) atoms. The lowest BCUT2D eigenvalue weighted by atomic mass is 10.0. The van der Waals surface area contributed by atoms with Gasteiger partial charge < -0.3 is 15.7 Å². The summed E-state index contributed by atoms with van der Waals surface area (Å²) in [7, 11) is 1.44. The molecule has 0 bridgehead atoms. The first kappa shape index (κ1) is 30.1. The Labute approximate surface area is 225 Å². The van der Waals surface area contributed by atoms with Gasteiger partial charge in [0.15, 0.2) is 0 Å². The average Bonchev–Trinajstić information content (AvgIpc) is 2.92. The van der Waals surface area contributed by atoms with Crippen LogP contribution >= 0.6 is 0 Å². The molecule has 6 nitrogen and oxygen atoms in total. The fraction of sp³-hybridized carbons (Fsp3) is 0.179. The second-order valence-corrected chi connectivity index (χ2v) is 8.41. The van der Waals surface area contributed by atoms with Gasteiger partial charge in [-0.3, -0.25) is 0 Å². The van der Waals surface area contributed by atoms with Gasteiger partial charge in [-0.05, 0) is 36.4 Å². The molecule has 12 heteroatoms. The van der Waals surface area contributed by atoms with Crippen LogP contribution in [0.4, 0.5) is 32.3 Å². The van der Waals surface area contributed by atoms with E-state index in [2.05, 4.69) is 20.6 Å². The van der Waals surface area contributed by atoms with Gasteiger partial charge in [0.25, 0.3) is 0 Å². The second kappa shape index (κ2) is 13.1. The quantitative estimate of drug-likeness (QED) is 0.213. The molecule has 0 unspecified atom stereocenters. The van der Waals surface area contributed by atoms with Crippen molar-refractivity contribution in [3.8, 4) is 11.3 Å². The maximum Gasteiger partial charge on any atom is 0.416 e. The molecule has 0 fully saturated rings. The largest absolute Gasteiger partial charge is 0.478 e. The summed E-state index contributed by atoms with van der Waals surface area (Å²) in [6.07, 6.45) is -8.24. The SMILES string of the molecule is CNCc1cc(C(F)(F)F)cc(C(F)(F)F)c1.O=C(O)c1cnc(NCc2ccccc2)nc1-c1ccccc1. The molecule has 0 aliphatic rings. The van der Waals surface area contributed by atoms with E-state index in [0.29, 0.717) is 30.3 Å². The van der Waals surface area contributed by atoms with Crippen LogP contribution < -0.4 is 10.6 Å². The smallest absolute Gasteiger partial charge is 0.416 e. The molecule has 0 saturated carbocycles. The van der Waals surface area contributed by atoms with E-state index >= 15 is 0 Å². The Morgan fingerprint density at radius 2 is 1.35 bits per heavy atom. The number of rotatable bonds is 7. The van der Waals surface area contributed by atoms with Gasteiger partial charge in [0.2, 0.25) is 5.95 Å². The minimum absolute atomic E-state index is 0.0605. The fourth-order valence-electron chi connectivity index (χ4n) is 3.54. The Hall–Kier alpha value is -4.45. The number of hydrogen-bond acceptors (Lipinski definition) is 5. The number of anilines is 1. The van der Waals surface area contributed by atoms with E-state index in [4.69, 9.17) is 0 Å². The Morgan fingerprint density at radius 3 is 1.85 bits per heavy atom. The van der Waals surface area contributed by atoms with Crippen molar-refractivity contribution >= 4 is 11.9 Å². The highest BCUT2D eigenvalue weighted by atomic mass is 19.4. The van der Waals surface area contributed by atoms with Gasteiger partial charge in [0, 0.05) is 24.8 Å². The Bertz CT molecular complexity index is 1380. The highest BCUT2D eigenvalue weighted by Crippen LogP contribution is 2.36. The molecule has 0 atom stereocenters. The summed E-state index contributed by atoms with van der Waals surface area (Å²) in [4.78, 5) is 19.9. The summed E-state index contributed by atoms with van der Waals surface area (Å²) in [5.74, 6) is -0.642. The Morgan fingerprint density at radius 1 is 0.800 bits per heavy atom. The van der Waals surface area contributed by atoms with Crippen LogP contribution in [0.5, 0.6) is 0 Å². The van der Waals surface area contributed by atoms with Crippen LogP contribution in [-0.4, -0.2) is 28.1 Å². The zero-order valence-electron chi connectivity index (χ0n) is 21.0. The first-order chi connectivity index (χ1) is 18.9. The Kier molecular flexibility index (Phi) is 9.83. The maximum atomic E-state index is 12.4. The van der Waals surface area contributed by atoms with Crippen molar-refractivity contribution in [2.24, 2.45) is 0 Å². The van der Waals surface area contributed by atoms with Crippen LogP contribution in [0.25, 0.3) is 11.3 Å². The predicted octanol–water partition coefficient (Wildman–Crippen LogP) is 6.90. The zero-order valence-corrected chi connectivity index (χ0v) is 21.0. The lowest BCUT2D eigenvalue weighted by Crippen LogP contribution is -2.14. The Balaban J connectivity index is 0.000000232. The molecule has 0 aliphatic carbocycles. The van der Waals surface area contributed by atoms with E-state index in [-0.39, 0.29) is 23.7 Å². The fourth-order valence-corrected chi connectivity index (χ4v) is 3.54. The third kappa shape index (κ3) is 8.53. The summed E-state index contributed by atoms with van der Waals surface area (Å²) >= 11 is 0. The molecule has 3 N–H and O–H groups in total. The third-order valence-corrected chi connectivity index (χ3v) is 5.39. The van der Waals surface area contributed by atoms with E-state index < -0.39 is 29.4 Å². The number of aromatic carboxylic acids is 1. The van der Waals surface area contributed by atoms with Gasteiger partial charge in [0.1, 0.15) is 5.56 Å². The zero-order chi connectivity index (χ0) is 29.3. The number of benzene rings is 3. The number of aromatic nitrogens is 2. The minimum atomic E-state index is -4.79. The standard InChI is InChI=1S/C18H15N3O2.C10H9F6N/c22-17(23)15-12-20-18(19-11-13-7-3-1-4-8-13)21-16(15)14-9-5-2-6-10-14;1-17-5-6-2-7(9(11,12)13)4-8(3-6)10(14,15)16/h1-10,12H,11H2,(H,22,23)(H,19,20,21);2-4,17H,5H2,1H3. The summed E-state index contributed by atoms with van der Waals surface area (Å²) in [5.41, 5.74) is -0.315. The van der Waals surface area contributed by atoms with Gasteiger partial charge in [-0.2, -0.15) is 26.3 Å². The van der Waals surface area contributed by atoms with Crippen molar-refractivity contribution in [2.45, 2.75) is 25.4 Å². The van der Waals surface area contributed by atoms with E-state index in [1.54, 1.807) is 0 Å². The number of nitrogens with one attached hydrogen (secondary N) is 2. The number of alkyl halides is 6. The number of carboxylic acid groups (broad SMARTS) is 1. The first-order valence-electron chi connectivity index (χ1n) is 11.7. The van der Waals surface area contributed by atoms with Gasteiger partial charge >= 0.3 is 18.3 Å². The van der Waals surface area contributed by atoms with Gasteiger partial charge in [-0.25, -0.2) is 14.8 Å². The number of nitrogens with zero attached hydrogens (tertiary/aromatic N) is 2. The van der Waals surface area contributed by atoms with E-state index in [1.807, 2.05) is 60.7 Å². The number of hydrogen-bond donors (Lipinski definition) is 3. The minimum Gasteiger partial charge on any atom is -0.478 e. The van der Waals surface area contributed by atoms with Crippen LogP contribution in [0.1, 0.15) is 32.6 Å². The molecule has 210 valence electrons. The van der Waals surface area contributed by atoms with Crippen molar-refractivity contribution in [2.75, 3.05) is 12.4 Å². The topological polar surface area (TPSA) is 87.1 Å². The monoisotopic (exact) mass is 562 g/mol. The molecule has 0 spiro atoms. The molecule has 0 radical (unpaired) electrons. The lowest BCUT2D eigenvalue weighted by molar-refractivity contribution is -0.143. The highest BCUT2D eigenvalue weighted by molar-refractivity contribution is 5.94. The molecule has 4 aromatic rings. The summed E-state index contributed by atoms with van der Waals surface area (Å²) in [6.45, 7) is 0.508. The van der Waals surface area contributed by atoms with Crippen molar-refractivity contribution in [3.05, 3.63) is 113 Å². The third-order valence-electron chi connectivity index (χ3n) is 5.39. The molecule has 1 aromatic heterocycles. The van der Waals surface area contributed by atoms with E-state index in [1.165, 1.54) is 13.2 Å². The molecule has 1 heterocycles. The number of halogens is 6. The molecular weight excluding hydrogens is 538 g/mol. The molecule has 0 saturated heterocycles. The number of carboxylic acids is 1. The molecule has 0 amide bonds. The van der Waals surface area contributed by atoms with E-state index in [0.717, 1.165) is 11.1 Å². The van der Waals surface area contributed by atoms with Crippen LogP contribution in [0, 0.1) is 0 Å². The molecular formula is C28H24F6N4O2. The van der Waals surface area contributed by atoms with Crippen LogP contribution in [-0.2, 0) is 25.4 Å². The molecule has 4 rings (SSSR count). The maximum absolute atomic E-state index is 12.4. The van der Waals surface area contributed by atoms with Crippen LogP contribution in [0.3, 0.4) is 0 Å². The molecule has 0 aliphatic heterocycles. The van der Waals surface area contributed by atoms with Crippen LogP contribution in [0.15, 0.2) is 85.1 Å². The summed E-state index contributed by atoms with van der Waals surface area (Å²) in [6, 6.07) is 20.6. The van der Waals surface area contributed by atoms with E-state index in [9.17, 15) is 36.2 Å². The van der Waals surface area contributed by atoms with Crippen molar-refractivity contribution in [3.63, 3.8) is 0 Å². The first-order valence-corrected chi connectivity index (χ1v) is 11.7. The van der Waals surface area contributed by atoms with Gasteiger partial charge in [0.05, 0.1) is 16.8 Å². The second-order valence-electron chi connectivity index (χ2n) is 8.41. The van der Waals surface area contributed by atoms with Gasteiger partial charge in [-0.15, -0.1) is 0 Å². The predicted molar refractivity (Wildman–Crippen MR) is 137 cm³/mol. The van der Waals surface area contributed by atoms with Crippen molar-refractivity contribution < 1.29 is 36.2 Å². The van der Waals surface area contributed by atoms with Gasteiger partial charge in [-0.1, -0.05) is 60.7 Å². The van der Waals surface area contributed by atoms with Crippen molar-refractivity contribution in [1.29, 1.82) is 0 Å². The summed E-state index contributed by atoms with van der Waals surface area (Å²) < 4.78 is 74.3. The van der Waals surface area contributed by atoms with Crippen LogP contribution in [0.2, 0.25) is 0 Å². The number of carbonyl (C=O) groups is 1. The summed E-state index contributed by atoms with van der Waals surface area (Å²) in [5, 5.41) is 15.0. The lowest BCUT2D eigenvalue weighted by Gasteiger charge is -2.13. The average molecular weight is 563 g/mol. The molecule has 3 aromatic carbocycles. The normalized spacial score (nSPS) is 11.4.